The molecular formula is C16H19N3. The summed E-state index contributed by atoms with van der Waals surface area (Å²) in [6.45, 7) is 2.08. The number of likely N-dealkylation sites (tertiary alicyclic amines) is 1. The molecule has 1 aromatic carbocycles. The highest BCUT2D eigenvalue weighted by atomic mass is 15.2. The lowest BCUT2D eigenvalue weighted by Crippen LogP contribution is -2.28. The molecule has 0 spiro atoms. The van der Waals surface area contributed by atoms with E-state index in [1.165, 1.54) is 31.1 Å². The molecule has 1 aliphatic heterocycles. The normalized spacial score (nSPS) is 18.9. The summed E-state index contributed by atoms with van der Waals surface area (Å²) in [6.07, 6.45) is 7.01. The summed E-state index contributed by atoms with van der Waals surface area (Å²) >= 11 is 0. The average Bonchev–Trinajstić information content (AvgIpc) is 2.69. The molecule has 19 heavy (non-hydrogen) atoms. The maximum absolute atomic E-state index is 9.60. The quantitative estimate of drug-likeness (QED) is 0.888. The molecule has 0 unspecified atom stereocenters. The van der Waals surface area contributed by atoms with Gasteiger partial charge in [-0.15, -0.1) is 0 Å². The van der Waals surface area contributed by atoms with Gasteiger partial charge in [0, 0.05) is 22.7 Å². The SMILES string of the molecule is N#C[C@@H](c1c[nH]c2ccccc12)N1CCCCCC1. The van der Waals surface area contributed by atoms with Gasteiger partial charge in [0.15, 0.2) is 0 Å². The highest BCUT2D eigenvalue weighted by molar-refractivity contribution is 5.83. The lowest BCUT2D eigenvalue weighted by Gasteiger charge is -2.25. The second kappa shape index (κ2) is 5.46. The van der Waals surface area contributed by atoms with E-state index in [1.54, 1.807) is 0 Å². The smallest absolute Gasteiger partial charge is 0.125 e. The number of aromatic nitrogens is 1. The Morgan fingerprint density at radius 2 is 1.84 bits per heavy atom. The first-order valence-corrected chi connectivity index (χ1v) is 7.10. The Kier molecular flexibility index (Phi) is 3.52. The van der Waals surface area contributed by atoms with Crippen molar-refractivity contribution >= 4 is 10.9 Å². The van der Waals surface area contributed by atoms with Crippen molar-refractivity contribution in [3.8, 4) is 6.07 Å². The Morgan fingerprint density at radius 1 is 1.11 bits per heavy atom. The molecule has 3 rings (SSSR count). The van der Waals surface area contributed by atoms with Crippen molar-refractivity contribution in [2.45, 2.75) is 31.7 Å². The minimum Gasteiger partial charge on any atom is -0.361 e. The number of nitrogens with zero attached hydrogens (tertiary/aromatic N) is 2. The van der Waals surface area contributed by atoms with Crippen LogP contribution in [0.3, 0.4) is 0 Å². The number of fused-ring (bicyclic) bond motifs is 1. The van der Waals surface area contributed by atoms with Crippen molar-refractivity contribution in [1.82, 2.24) is 9.88 Å². The summed E-state index contributed by atoms with van der Waals surface area (Å²) in [5, 5.41) is 10.8. The van der Waals surface area contributed by atoms with Crippen LogP contribution in [0.4, 0.5) is 0 Å². The summed E-state index contributed by atoms with van der Waals surface area (Å²) in [4.78, 5) is 5.62. The van der Waals surface area contributed by atoms with E-state index in [0.717, 1.165) is 24.2 Å². The number of nitriles is 1. The summed E-state index contributed by atoms with van der Waals surface area (Å²) in [5.41, 5.74) is 2.24. The Balaban J connectivity index is 1.95. The predicted molar refractivity (Wildman–Crippen MR) is 76.7 cm³/mol. The monoisotopic (exact) mass is 253 g/mol. The van der Waals surface area contributed by atoms with Crippen molar-refractivity contribution in [3.63, 3.8) is 0 Å². The summed E-state index contributed by atoms with van der Waals surface area (Å²) in [6, 6.07) is 10.6. The fourth-order valence-corrected chi connectivity index (χ4v) is 3.02. The number of para-hydroxylation sites is 1. The summed E-state index contributed by atoms with van der Waals surface area (Å²) in [7, 11) is 0. The lowest BCUT2D eigenvalue weighted by molar-refractivity contribution is 0.247. The van der Waals surface area contributed by atoms with Crippen molar-refractivity contribution in [2.75, 3.05) is 13.1 Å². The minimum absolute atomic E-state index is 0.116. The summed E-state index contributed by atoms with van der Waals surface area (Å²) in [5.74, 6) is 0. The molecule has 2 heterocycles. The number of nitrogens with one attached hydrogen (secondary N) is 1. The van der Waals surface area contributed by atoms with E-state index in [1.807, 2.05) is 18.3 Å². The third kappa shape index (κ3) is 2.36. The maximum Gasteiger partial charge on any atom is 0.125 e. The zero-order valence-corrected chi connectivity index (χ0v) is 11.1. The minimum atomic E-state index is -0.116. The molecular weight excluding hydrogens is 234 g/mol. The highest BCUT2D eigenvalue weighted by Gasteiger charge is 2.23. The first-order chi connectivity index (χ1) is 9.40. The van der Waals surface area contributed by atoms with Crippen LogP contribution in [-0.2, 0) is 0 Å². The molecule has 0 saturated carbocycles. The van der Waals surface area contributed by atoms with Crippen LogP contribution in [0.5, 0.6) is 0 Å². The number of hydrogen-bond acceptors (Lipinski definition) is 2. The molecule has 1 saturated heterocycles. The Morgan fingerprint density at radius 3 is 2.58 bits per heavy atom. The molecule has 0 amide bonds. The van der Waals surface area contributed by atoms with E-state index in [2.05, 4.69) is 28.1 Å². The van der Waals surface area contributed by atoms with Crippen LogP contribution >= 0.6 is 0 Å². The van der Waals surface area contributed by atoms with E-state index in [4.69, 9.17) is 0 Å². The molecule has 98 valence electrons. The molecule has 1 fully saturated rings. The van der Waals surface area contributed by atoms with Gasteiger partial charge in [-0.3, -0.25) is 4.90 Å². The Bertz CT molecular complexity index is 585. The molecule has 2 aromatic rings. The van der Waals surface area contributed by atoms with E-state index >= 15 is 0 Å². The van der Waals surface area contributed by atoms with E-state index in [0.29, 0.717) is 0 Å². The number of hydrogen-bond donors (Lipinski definition) is 1. The van der Waals surface area contributed by atoms with Gasteiger partial charge in [0.05, 0.1) is 6.07 Å². The van der Waals surface area contributed by atoms with E-state index < -0.39 is 0 Å². The predicted octanol–water partition coefficient (Wildman–Crippen LogP) is 3.61. The van der Waals surface area contributed by atoms with Crippen LogP contribution in [0, 0.1) is 11.3 Å². The zero-order valence-electron chi connectivity index (χ0n) is 11.1. The molecule has 0 bridgehead atoms. The number of aromatic amines is 1. The standard InChI is InChI=1S/C16H19N3/c17-11-16(19-9-5-1-2-6-10-19)14-12-18-15-8-4-3-7-13(14)15/h3-4,7-8,12,16,18H,1-2,5-6,9-10H2/t16-/m0/s1. The van der Waals surface area contributed by atoms with E-state index in [-0.39, 0.29) is 6.04 Å². The number of rotatable bonds is 2. The Labute approximate surface area is 113 Å². The first-order valence-electron chi connectivity index (χ1n) is 7.10. The average molecular weight is 253 g/mol. The fraction of sp³-hybridized carbons (Fsp3) is 0.438. The van der Waals surface area contributed by atoms with Crippen molar-refractivity contribution < 1.29 is 0 Å². The molecule has 0 aliphatic carbocycles. The first kappa shape index (κ1) is 12.3. The van der Waals surface area contributed by atoms with Crippen LogP contribution in [0.25, 0.3) is 10.9 Å². The van der Waals surface area contributed by atoms with Gasteiger partial charge < -0.3 is 4.98 Å². The van der Waals surface area contributed by atoms with Gasteiger partial charge in [-0.1, -0.05) is 31.0 Å². The Hall–Kier alpha value is -1.79. The van der Waals surface area contributed by atoms with Gasteiger partial charge in [0.25, 0.3) is 0 Å². The largest absolute Gasteiger partial charge is 0.361 e. The fourth-order valence-electron chi connectivity index (χ4n) is 3.02. The second-order valence-corrected chi connectivity index (χ2v) is 5.27. The number of H-pyrrole nitrogens is 1. The highest BCUT2D eigenvalue weighted by Crippen LogP contribution is 2.29. The molecule has 0 radical (unpaired) electrons. The van der Waals surface area contributed by atoms with Crippen LogP contribution < -0.4 is 0 Å². The maximum atomic E-state index is 9.60. The van der Waals surface area contributed by atoms with Crippen molar-refractivity contribution in [2.24, 2.45) is 0 Å². The third-order valence-corrected chi connectivity index (χ3v) is 4.04. The van der Waals surface area contributed by atoms with Gasteiger partial charge in [-0.2, -0.15) is 5.26 Å². The van der Waals surface area contributed by atoms with Gasteiger partial charge in [0.2, 0.25) is 0 Å². The van der Waals surface area contributed by atoms with Crippen LogP contribution in [-0.4, -0.2) is 23.0 Å². The van der Waals surface area contributed by atoms with Gasteiger partial charge in [0.1, 0.15) is 6.04 Å². The molecule has 1 aromatic heterocycles. The number of benzene rings is 1. The molecule has 1 atom stereocenters. The molecule has 3 heteroatoms. The van der Waals surface area contributed by atoms with Crippen molar-refractivity contribution in [3.05, 3.63) is 36.0 Å². The van der Waals surface area contributed by atoms with Gasteiger partial charge in [-0.05, 0) is 32.0 Å². The van der Waals surface area contributed by atoms with Crippen LogP contribution in [0.1, 0.15) is 37.3 Å². The third-order valence-electron chi connectivity index (χ3n) is 4.04. The molecule has 3 nitrogen and oxygen atoms in total. The van der Waals surface area contributed by atoms with Crippen LogP contribution in [0.15, 0.2) is 30.5 Å². The molecule has 1 N–H and O–H groups in total. The summed E-state index contributed by atoms with van der Waals surface area (Å²) < 4.78 is 0. The zero-order chi connectivity index (χ0) is 13.1. The lowest BCUT2D eigenvalue weighted by atomic mass is 10.1. The van der Waals surface area contributed by atoms with E-state index in [9.17, 15) is 5.26 Å². The van der Waals surface area contributed by atoms with Crippen LogP contribution in [0.2, 0.25) is 0 Å². The molecule has 1 aliphatic rings. The van der Waals surface area contributed by atoms with Gasteiger partial charge >= 0.3 is 0 Å². The topological polar surface area (TPSA) is 42.8 Å². The van der Waals surface area contributed by atoms with Crippen molar-refractivity contribution in [1.29, 1.82) is 5.26 Å². The van der Waals surface area contributed by atoms with Gasteiger partial charge in [-0.25, -0.2) is 0 Å². The second-order valence-electron chi connectivity index (χ2n) is 5.27.